The van der Waals surface area contributed by atoms with Gasteiger partial charge in [-0.15, -0.1) is 0 Å². The Labute approximate surface area is 181 Å². The molecule has 6 heteroatoms. The van der Waals surface area contributed by atoms with Gasteiger partial charge in [-0.25, -0.2) is 0 Å². The molecule has 4 rings (SSSR count). The third-order valence-corrected chi connectivity index (χ3v) is 5.17. The van der Waals surface area contributed by atoms with E-state index in [0.29, 0.717) is 17.0 Å². The highest BCUT2D eigenvalue weighted by atomic mass is 16.2. The van der Waals surface area contributed by atoms with Gasteiger partial charge in [-0.2, -0.15) is 0 Å². The number of anilines is 1. The average molecular weight is 412 g/mol. The second-order valence-electron chi connectivity index (χ2n) is 7.86. The van der Waals surface area contributed by atoms with Gasteiger partial charge in [0.05, 0.1) is 11.4 Å². The van der Waals surface area contributed by atoms with Crippen molar-refractivity contribution < 1.29 is 9.59 Å². The van der Waals surface area contributed by atoms with Gasteiger partial charge in [0.15, 0.2) is 0 Å². The van der Waals surface area contributed by atoms with E-state index in [4.69, 9.17) is 10.7 Å². The molecular weight excluding hydrogens is 388 g/mol. The summed E-state index contributed by atoms with van der Waals surface area (Å²) in [7, 11) is 4.04. The molecule has 0 fully saturated rings. The number of carbonyl (C=O) groups excluding carboxylic acids is 2. The lowest BCUT2D eigenvalue weighted by Gasteiger charge is -2.15. The SMILES string of the molecule is CN(C)Cc1cccc(N=C(c2ccccc2)C2C(=O)Nc3cc(C(N)=O)ccc32)c1. The maximum Gasteiger partial charge on any atom is 0.248 e. The first kappa shape index (κ1) is 20.5. The van der Waals surface area contributed by atoms with Gasteiger partial charge in [0, 0.05) is 17.8 Å². The zero-order valence-electron chi connectivity index (χ0n) is 17.5. The van der Waals surface area contributed by atoms with Crippen LogP contribution in [-0.2, 0) is 11.3 Å². The van der Waals surface area contributed by atoms with Crippen molar-refractivity contribution in [3.63, 3.8) is 0 Å². The number of hydrogen-bond acceptors (Lipinski definition) is 4. The monoisotopic (exact) mass is 412 g/mol. The lowest BCUT2D eigenvalue weighted by molar-refractivity contribution is -0.115. The second-order valence-corrected chi connectivity index (χ2v) is 7.86. The highest BCUT2D eigenvalue weighted by Crippen LogP contribution is 2.37. The van der Waals surface area contributed by atoms with Crippen molar-refractivity contribution in [1.82, 2.24) is 4.90 Å². The molecule has 1 aliphatic heterocycles. The fraction of sp³-hybridized carbons (Fsp3) is 0.160. The Bertz CT molecular complexity index is 1170. The molecule has 6 nitrogen and oxygen atoms in total. The summed E-state index contributed by atoms with van der Waals surface area (Å²) in [6.45, 7) is 0.798. The quantitative estimate of drug-likeness (QED) is 0.605. The van der Waals surface area contributed by atoms with Crippen LogP contribution in [0.3, 0.4) is 0 Å². The number of hydrogen-bond donors (Lipinski definition) is 2. The minimum Gasteiger partial charge on any atom is -0.366 e. The summed E-state index contributed by atoms with van der Waals surface area (Å²) in [5, 5.41) is 2.88. The van der Waals surface area contributed by atoms with E-state index in [1.807, 2.05) is 62.6 Å². The molecule has 156 valence electrons. The third kappa shape index (κ3) is 4.39. The van der Waals surface area contributed by atoms with Crippen LogP contribution in [0.25, 0.3) is 0 Å². The van der Waals surface area contributed by atoms with E-state index in [2.05, 4.69) is 16.3 Å². The summed E-state index contributed by atoms with van der Waals surface area (Å²) in [6, 6.07) is 22.7. The second kappa shape index (κ2) is 8.53. The van der Waals surface area contributed by atoms with E-state index >= 15 is 0 Å². The van der Waals surface area contributed by atoms with Crippen LogP contribution in [0.4, 0.5) is 11.4 Å². The maximum absolute atomic E-state index is 13.0. The van der Waals surface area contributed by atoms with Gasteiger partial charge in [-0.05, 0) is 55.1 Å². The molecular formula is C25H24N4O2. The molecule has 0 spiro atoms. The lowest BCUT2D eigenvalue weighted by atomic mass is 9.90. The Balaban J connectivity index is 1.82. The smallest absolute Gasteiger partial charge is 0.248 e. The van der Waals surface area contributed by atoms with Crippen LogP contribution < -0.4 is 11.1 Å². The number of benzene rings is 3. The first-order valence-electron chi connectivity index (χ1n) is 10.0. The highest BCUT2D eigenvalue weighted by molar-refractivity contribution is 6.24. The van der Waals surface area contributed by atoms with E-state index in [0.717, 1.165) is 28.9 Å². The van der Waals surface area contributed by atoms with Crippen molar-refractivity contribution in [2.75, 3.05) is 19.4 Å². The number of carbonyl (C=O) groups is 2. The normalized spacial score (nSPS) is 15.6. The number of nitrogens with one attached hydrogen (secondary N) is 1. The Hall–Kier alpha value is -3.77. The van der Waals surface area contributed by atoms with E-state index in [-0.39, 0.29) is 5.91 Å². The van der Waals surface area contributed by atoms with Gasteiger partial charge in [0.25, 0.3) is 0 Å². The molecule has 0 saturated heterocycles. The van der Waals surface area contributed by atoms with Crippen LogP contribution in [0.2, 0.25) is 0 Å². The van der Waals surface area contributed by atoms with Crippen LogP contribution in [0.5, 0.6) is 0 Å². The number of primary amides is 1. The molecule has 0 saturated carbocycles. The molecule has 0 radical (unpaired) electrons. The summed E-state index contributed by atoms with van der Waals surface area (Å²) >= 11 is 0. The molecule has 1 heterocycles. The van der Waals surface area contributed by atoms with E-state index < -0.39 is 11.8 Å². The molecule has 1 atom stereocenters. The first-order valence-corrected chi connectivity index (χ1v) is 10.0. The van der Waals surface area contributed by atoms with Crippen LogP contribution in [0.1, 0.15) is 33.0 Å². The van der Waals surface area contributed by atoms with Crippen molar-refractivity contribution in [3.8, 4) is 0 Å². The van der Waals surface area contributed by atoms with Gasteiger partial charge < -0.3 is 16.0 Å². The number of aliphatic imine (C=N–C) groups is 1. The zero-order valence-corrected chi connectivity index (χ0v) is 17.5. The van der Waals surface area contributed by atoms with Crippen molar-refractivity contribution >= 4 is 28.9 Å². The first-order chi connectivity index (χ1) is 14.9. The molecule has 0 aliphatic carbocycles. The molecule has 2 amide bonds. The largest absolute Gasteiger partial charge is 0.366 e. The summed E-state index contributed by atoms with van der Waals surface area (Å²) in [5.41, 5.74) is 10.6. The van der Waals surface area contributed by atoms with Gasteiger partial charge in [-0.1, -0.05) is 48.5 Å². The third-order valence-electron chi connectivity index (χ3n) is 5.17. The molecule has 31 heavy (non-hydrogen) atoms. The maximum atomic E-state index is 13.0. The molecule has 0 aromatic heterocycles. The average Bonchev–Trinajstić information content (AvgIpc) is 3.07. The predicted molar refractivity (Wildman–Crippen MR) is 123 cm³/mol. The van der Waals surface area contributed by atoms with E-state index in [1.54, 1.807) is 18.2 Å². The summed E-state index contributed by atoms with van der Waals surface area (Å²) in [6.07, 6.45) is 0. The highest BCUT2D eigenvalue weighted by Gasteiger charge is 2.35. The lowest BCUT2D eigenvalue weighted by Crippen LogP contribution is -2.22. The van der Waals surface area contributed by atoms with Crippen LogP contribution in [-0.4, -0.2) is 36.5 Å². The molecule has 1 unspecified atom stereocenters. The number of fused-ring (bicyclic) bond motifs is 1. The molecule has 3 aromatic rings. The summed E-state index contributed by atoms with van der Waals surface area (Å²) < 4.78 is 0. The number of nitrogens with two attached hydrogens (primary N) is 1. The topological polar surface area (TPSA) is 87.8 Å². The van der Waals surface area contributed by atoms with Gasteiger partial charge in [0.1, 0.15) is 5.92 Å². The van der Waals surface area contributed by atoms with Crippen molar-refractivity contribution in [2.45, 2.75) is 12.5 Å². The Kier molecular flexibility index (Phi) is 5.64. The molecule has 3 aromatic carbocycles. The fourth-order valence-corrected chi connectivity index (χ4v) is 3.82. The zero-order chi connectivity index (χ0) is 22.0. The minimum absolute atomic E-state index is 0.177. The van der Waals surface area contributed by atoms with Gasteiger partial charge >= 0.3 is 0 Å². The van der Waals surface area contributed by atoms with Crippen LogP contribution in [0.15, 0.2) is 77.8 Å². The summed E-state index contributed by atoms with van der Waals surface area (Å²) in [4.78, 5) is 31.6. The minimum atomic E-state index is -0.586. The van der Waals surface area contributed by atoms with Crippen LogP contribution >= 0.6 is 0 Å². The number of rotatable bonds is 6. The van der Waals surface area contributed by atoms with Crippen molar-refractivity contribution in [3.05, 3.63) is 95.1 Å². The van der Waals surface area contributed by atoms with Crippen LogP contribution in [0, 0.1) is 0 Å². The molecule has 3 N–H and O–H groups in total. The fourth-order valence-electron chi connectivity index (χ4n) is 3.82. The predicted octanol–water partition coefficient (Wildman–Crippen LogP) is 3.70. The summed E-state index contributed by atoms with van der Waals surface area (Å²) in [5.74, 6) is -1.30. The standard InChI is InChI=1S/C25H24N4O2/c1-29(2)15-16-7-6-10-19(13-16)27-23(17-8-4-3-5-9-17)22-20-12-11-18(24(26)30)14-21(20)28-25(22)31/h3-14,22H,15H2,1-2H3,(H2,26,30)(H,28,31). The Morgan fingerprint density at radius 3 is 2.48 bits per heavy atom. The number of amides is 2. The van der Waals surface area contributed by atoms with Gasteiger partial charge in [0.2, 0.25) is 11.8 Å². The van der Waals surface area contributed by atoms with E-state index in [1.165, 1.54) is 0 Å². The van der Waals surface area contributed by atoms with Crippen molar-refractivity contribution in [1.29, 1.82) is 0 Å². The van der Waals surface area contributed by atoms with Crippen molar-refractivity contribution in [2.24, 2.45) is 10.7 Å². The number of nitrogens with zero attached hydrogens (tertiary/aromatic N) is 2. The molecule has 0 bridgehead atoms. The Morgan fingerprint density at radius 2 is 1.77 bits per heavy atom. The molecule has 1 aliphatic rings. The van der Waals surface area contributed by atoms with E-state index in [9.17, 15) is 9.59 Å². The van der Waals surface area contributed by atoms with Gasteiger partial charge in [-0.3, -0.25) is 14.6 Å². The Morgan fingerprint density at radius 1 is 1.00 bits per heavy atom.